The van der Waals surface area contributed by atoms with Gasteiger partial charge < -0.3 is 9.84 Å². The zero-order valence-corrected chi connectivity index (χ0v) is 10.5. The Hall–Kier alpha value is -0.610. The third-order valence-electron chi connectivity index (χ3n) is 3.18. The van der Waals surface area contributed by atoms with Crippen LogP contribution in [0, 0.1) is 5.92 Å². The second kappa shape index (κ2) is 6.21. The lowest BCUT2D eigenvalue weighted by Gasteiger charge is -2.34. The highest BCUT2D eigenvalue weighted by molar-refractivity contribution is 5.66. The molecule has 0 radical (unpaired) electrons. The Morgan fingerprint density at radius 3 is 2.50 bits per heavy atom. The van der Waals surface area contributed by atoms with Crippen molar-refractivity contribution in [1.82, 2.24) is 4.90 Å². The number of carboxylic acids is 1. The van der Waals surface area contributed by atoms with Crippen molar-refractivity contribution in [3.8, 4) is 0 Å². The van der Waals surface area contributed by atoms with Crippen LogP contribution < -0.4 is 0 Å². The van der Waals surface area contributed by atoms with Gasteiger partial charge in [-0.3, -0.25) is 9.69 Å². The van der Waals surface area contributed by atoms with E-state index in [9.17, 15) is 4.79 Å². The van der Waals surface area contributed by atoms with Crippen LogP contribution in [0.4, 0.5) is 0 Å². The molecule has 0 spiro atoms. The first-order valence-corrected chi connectivity index (χ1v) is 6.02. The highest BCUT2D eigenvalue weighted by Crippen LogP contribution is 2.36. The van der Waals surface area contributed by atoms with Crippen LogP contribution in [0.1, 0.15) is 33.1 Å². The van der Waals surface area contributed by atoms with E-state index in [1.165, 1.54) is 12.8 Å². The van der Waals surface area contributed by atoms with E-state index in [0.29, 0.717) is 31.2 Å². The number of aliphatic carboxylic acids is 1. The van der Waals surface area contributed by atoms with Crippen LogP contribution in [0.25, 0.3) is 0 Å². The molecule has 0 bridgehead atoms. The molecular weight excluding hydrogens is 206 g/mol. The third-order valence-corrected chi connectivity index (χ3v) is 3.18. The number of methoxy groups -OCH3 is 1. The molecule has 0 aromatic heterocycles. The Morgan fingerprint density at radius 1 is 1.50 bits per heavy atom. The van der Waals surface area contributed by atoms with E-state index in [2.05, 4.69) is 18.7 Å². The lowest BCUT2D eigenvalue weighted by Crippen LogP contribution is -2.45. The number of ether oxygens (including phenoxy) is 1. The number of carbonyl (C=O) groups is 1. The summed E-state index contributed by atoms with van der Waals surface area (Å²) in [4.78, 5) is 12.9. The summed E-state index contributed by atoms with van der Waals surface area (Å²) < 4.78 is 5.25. The average Bonchev–Trinajstić information content (AvgIpc) is 2.98. The van der Waals surface area contributed by atoms with Gasteiger partial charge in [-0.05, 0) is 32.6 Å². The van der Waals surface area contributed by atoms with Crippen molar-refractivity contribution in [1.29, 1.82) is 0 Å². The van der Waals surface area contributed by atoms with Crippen molar-refractivity contribution in [2.45, 2.75) is 45.2 Å². The van der Waals surface area contributed by atoms with E-state index in [-0.39, 0.29) is 6.42 Å². The Morgan fingerprint density at radius 2 is 2.12 bits per heavy atom. The fourth-order valence-corrected chi connectivity index (χ4v) is 2.19. The van der Waals surface area contributed by atoms with Gasteiger partial charge in [-0.2, -0.15) is 0 Å². The Kier molecular flexibility index (Phi) is 5.22. The van der Waals surface area contributed by atoms with E-state index in [0.717, 1.165) is 0 Å². The molecule has 1 unspecified atom stereocenters. The van der Waals surface area contributed by atoms with Gasteiger partial charge in [0.1, 0.15) is 0 Å². The topological polar surface area (TPSA) is 49.8 Å². The summed E-state index contributed by atoms with van der Waals surface area (Å²) in [5.41, 5.74) is 0. The van der Waals surface area contributed by atoms with Gasteiger partial charge in [-0.1, -0.05) is 0 Å². The van der Waals surface area contributed by atoms with Crippen LogP contribution in [-0.4, -0.2) is 48.3 Å². The molecule has 0 saturated heterocycles. The normalized spacial score (nSPS) is 18.1. The number of hydrogen-bond donors (Lipinski definition) is 1. The quantitative estimate of drug-likeness (QED) is 0.687. The maximum absolute atomic E-state index is 10.6. The molecule has 0 aromatic rings. The van der Waals surface area contributed by atoms with E-state index >= 15 is 0 Å². The largest absolute Gasteiger partial charge is 0.481 e. The third kappa shape index (κ3) is 4.10. The van der Waals surface area contributed by atoms with Crippen LogP contribution in [0.2, 0.25) is 0 Å². The van der Waals surface area contributed by atoms with Crippen molar-refractivity contribution in [3.63, 3.8) is 0 Å². The molecule has 0 aromatic carbocycles. The maximum Gasteiger partial charge on any atom is 0.304 e. The average molecular weight is 229 g/mol. The zero-order valence-electron chi connectivity index (χ0n) is 10.5. The Balaban J connectivity index is 2.53. The fourth-order valence-electron chi connectivity index (χ4n) is 2.19. The summed E-state index contributed by atoms with van der Waals surface area (Å²) in [5.74, 6) is -0.0197. The van der Waals surface area contributed by atoms with Crippen molar-refractivity contribution < 1.29 is 14.6 Å². The van der Waals surface area contributed by atoms with Crippen LogP contribution in [0.15, 0.2) is 0 Å². The minimum Gasteiger partial charge on any atom is -0.481 e. The van der Waals surface area contributed by atoms with Gasteiger partial charge in [0.25, 0.3) is 0 Å². The summed E-state index contributed by atoms with van der Waals surface area (Å²) in [6, 6.07) is 0.768. The van der Waals surface area contributed by atoms with Gasteiger partial charge >= 0.3 is 5.97 Å². The van der Waals surface area contributed by atoms with Crippen molar-refractivity contribution in [2.75, 3.05) is 20.3 Å². The van der Waals surface area contributed by atoms with Crippen molar-refractivity contribution >= 4 is 5.97 Å². The second-order valence-corrected chi connectivity index (χ2v) is 4.84. The number of rotatable bonds is 8. The van der Waals surface area contributed by atoms with Gasteiger partial charge in [0, 0.05) is 25.7 Å². The highest BCUT2D eigenvalue weighted by atomic mass is 16.5. The molecule has 1 aliphatic carbocycles. The monoisotopic (exact) mass is 229 g/mol. The van der Waals surface area contributed by atoms with Gasteiger partial charge in [-0.15, -0.1) is 0 Å². The lowest BCUT2D eigenvalue weighted by atomic mass is 10.1. The van der Waals surface area contributed by atoms with Gasteiger partial charge in [0.05, 0.1) is 13.0 Å². The predicted octanol–water partition coefficient (Wildman–Crippen LogP) is 1.60. The fraction of sp³-hybridized carbons (Fsp3) is 0.917. The SMILES string of the molecule is COCC(C1CC1)N(CCC(=O)O)C(C)C. The molecule has 94 valence electrons. The summed E-state index contributed by atoms with van der Waals surface area (Å²) in [5, 5.41) is 8.75. The molecule has 1 aliphatic rings. The van der Waals surface area contributed by atoms with Gasteiger partial charge in [-0.25, -0.2) is 0 Å². The minimum absolute atomic E-state index is 0.213. The first-order valence-electron chi connectivity index (χ1n) is 6.02. The molecule has 1 atom stereocenters. The maximum atomic E-state index is 10.6. The first-order chi connectivity index (χ1) is 7.56. The van der Waals surface area contributed by atoms with Crippen LogP contribution in [0.5, 0.6) is 0 Å². The molecule has 0 amide bonds. The first kappa shape index (κ1) is 13.5. The smallest absolute Gasteiger partial charge is 0.304 e. The molecule has 16 heavy (non-hydrogen) atoms. The summed E-state index contributed by atoms with van der Waals surface area (Å²) in [6.45, 7) is 5.57. The van der Waals surface area contributed by atoms with Gasteiger partial charge in [0.15, 0.2) is 0 Å². The molecule has 0 aliphatic heterocycles. The summed E-state index contributed by atoms with van der Waals surface area (Å²) >= 11 is 0. The van der Waals surface area contributed by atoms with E-state index in [1.54, 1.807) is 7.11 Å². The molecular formula is C12H23NO3. The van der Waals surface area contributed by atoms with E-state index in [1.807, 2.05) is 0 Å². The van der Waals surface area contributed by atoms with Crippen molar-refractivity contribution in [3.05, 3.63) is 0 Å². The number of nitrogens with zero attached hydrogens (tertiary/aromatic N) is 1. The number of hydrogen-bond acceptors (Lipinski definition) is 3. The second-order valence-electron chi connectivity index (χ2n) is 4.84. The predicted molar refractivity (Wildman–Crippen MR) is 62.5 cm³/mol. The molecule has 0 heterocycles. The van der Waals surface area contributed by atoms with Crippen LogP contribution in [-0.2, 0) is 9.53 Å². The Bertz CT molecular complexity index is 226. The molecule has 1 rings (SSSR count). The molecule has 4 nitrogen and oxygen atoms in total. The molecule has 1 N–H and O–H groups in total. The zero-order chi connectivity index (χ0) is 12.1. The summed E-state index contributed by atoms with van der Waals surface area (Å²) in [7, 11) is 1.71. The van der Waals surface area contributed by atoms with Crippen LogP contribution >= 0.6 is 0 Å². The van der Waals surface area contributed by atoms with Gasteiger partial charge in [0.2, 0.25) is 0 Å². The molecule has 1 saturated carbocycles. The molecule has 1 fully saturated rings. The molecule has 4 heteroatoms. The highest BCUT2D eigenvalue weighted by Gasteiger charge is 2.36. The van der Waals surface area contributed by atoms with E-state index < -0.39 is 5.97 Å². The lowest BCUT2D eigenvalue weighted by molar-refractivity contribution is -0.137. The standard InChI is InChI=1S/C12H23NO3/c1-9(2)13(7-6-12(14)15)11(8-16-3)10-4-5-10/h9-11H,4-8H2,1-3H3,(H,14,15). The van der Waals surface area contributed by atoms with Crippen molar-refractivity contribution in [2.24, 2.45) is 5.92 Å². The number of carboxylic acid groups (broad SMARTS) is 1. The summed E-state index contributed by atoms with van der Waals surface area (Å²) in [6.07, 6.45) is 2.72. The van der Waals surface area contributed by atoms with E-state index in [4.69, 9.17) is 9.84 Å². The minimum atomic E-state index is -0.724. The Labute approximate surface area is 97.6 Å². The van der Waals surface area contributed by atoms with Crippen LogP contribution in [0.3, 0.4) is 0 Å².